The Morgan fingerprint density at radius 3 is 1.83 bits per heavy atom. The van der Waals surface area contributed by atoms with Gasteiger partial charge in [-0.25, -0.2) is 0 Å². The zero-order valence-electron chi connectivity index (χ0n) is 17.7. The number of allylic oxidation sites excluding steroid dienone is 2. The summed E-state index contributed by atoms with van der Waals surface area (Å²) in [6.07, 6.45) is 6.01. The maximum absolute atomic E-state index is 13.1. The molecule has 0 saturated heterocycles. The molecule has 6 heteroatoms. The average Bonchev–Trinajstić information content (AvgIpc) is 2.76. The molecule has 1 aliphatic rings. The number of rotatable bonds is 6. The molecular weight excluding hydrogens is 384 g/mol. The predicted octanol–water partition coefficient (Wildman–Crippen LogP) is 4.65. The quantitative estimate of drug-likeness (QED) is 0.699. The molecule has 0 amide bonds. The van der Waals surface area contributed by atoms with Crippen molar-refractivity contribution in [2.24, 2.45) is 0 Å². The summed E-state index contributed by atoms with van der Waals surface area (Å²) in [5, 5.41) is 9.77. The summed E-state index contributed by atoms with van der Waals surface area (Å²) in [6.45, 7) is 0. The highest BCUT2D eigenvalue weighted by Crippen LogP contribution is 2.39. The van der Waals surface area contributed by atoms with E-state index in [9.17, 15) is 9.90 Å². The van der Waals surface area contributed by atoms with E-state index >= 15 is 0 Å². The largest absolute Gasteiger partial charge is 0.504 e. The standard InChI is InChI=1S/C24H26O6/c1-27-20-12-15(8-9-19(20)25)10-17-6-5-7-18(23(17)26)11-16-13-21(28-2)24(30-4)22(14-16)29-3/h8-14,25H,5-7H2,1-4H3/b17-10+,18-11+. The van der Waals surface area contributed by atoms with Gasteiger partial charge in [0.15, 0.2) is 28.8 Å². The van der Waals surface area contributed by atoms with Crippen LogP contribution in [-0.2, 0) is 4.79 Å². The lowest BCUT2D eigenvalue weighted by molar-refractivity contribution is -0.112. The lowest BCUT2D eigenvalue weighted by atomic mass is 9.86. The summed E-state index contributed by atoms with van der Waals surface area (Å²) >= 11 is 0. The Hall–Kier alpha value is -3.41. The number of hydrogen-bond acceptors (Lipinski definition) is 6. The van der Waals surface area contributed by atoms with E-state index in [1.54, 1.807) is 39.5 Å². The third-order valence-corrected chi connectivity index (χ3v) is 5.05. The lowest BCUT2D eigenvalue weighted by Gasteiger charge is -2.18. The molecular formula is C24H26O6. The van der Waals surface area contributed by atoms with Crippen LogP contribution in [0.15, 0.2) is 41.5 Å². The second-order valence-corrected chi connectivity index (χ2v) is 6.91. The number of benzene rings is 2. The van der Waals surface area contributed by atoms with Crippen molar-refractivity contribution in [3.63, 3.8) is 0 Å². The fraction of sp³-hybridized carbons (Fsp3) is 0.292. The van der Waals surface area contributed by atoms with Crippen molar-refractivity contribution in [3.05, 3.63) is 52.6 Å². The first-order valence-corrected chi connectivity index (χ1v) is 9.63. The number of Topliss-reactive ketones (excluding diaryl/α,β-unsaturated/α-hetero) is 1. The third kappa shape index (κ3) is 4.43. The number of ketones is 1. The number of methoxy groups -OCH3 is 4. The molecule has 0 bridgehead atoms. The molecule has 1 fully saturated rings. The molecule has 6 nitrogen and oxygen atoms in total. The fourth-order valence-electron chi connectivity index (χ4n) is 3.55. The third-order valence-electron chi connectivity index (χ3n) is 5.05. The predicted molar refractivity (Wildman–Crippen MR) is 116 cm³/mol. The molecule has 0 atom stereocenters. The molecule has 0 unspecified atom stereocenters. The molecule has 0 aliphatic heterocycles. The van der Waals surface area contributed by atoms with Crippen LogP contribution < -0.4 is 18.9 Å². The monoisotopic (exact) mass is 410 g/mol. The van der Waals surface area contributed by atoms with Crippen LogP contribution in [0.1, 0.15) is 30.4 Å². The van der Waals surface area contributed by atoms with Crippen LogP contribution in [0.3, 0.4) is 0 Å². The van der Waals surface area contributed by atoms with Crippen LogP contribution in [-0.4, -0.2) is 39.3 Å². The zero-order valence-corrected chi connectivity index (χ0v) is 17.7. The van der Waals surface area contributed by atoms with Crippen LogP contribution in [0, 0.1) is 0 Å². The SMILES string of the molecule is COc1cc(/C=C2\CCC/C(=C\c3cc(OC)c(OC)c(OC)c3)C2=O)ccc1O. The second-order valence-electron chi connectivity index (χ2n) is 6.91. The Morgan fingerprint density at radius 2 is 1.30 bits per heavy atom. The number of ether oxygens (including phenoxy) is 4. The number of phenolic OH excluding ortho intramolecular Hbond substituents is 1. The molecule has 158 valence electrons. The highest BCUT2D eigenvalue weighted by molar-refractivity contribution is 6.14. The van der Waals surface area contributed by atoms with Gasteiger partial charge in [0.25, 0.3) is 0 Å². The summed E-state index contributed by atoms with van der Waals surface area (Å²) in [6, 6.07) is 8.68. The van der Waals surface area contributed by atoms with Crippen molar-refractivity contribution in [3.8, 4) is 28.7 Å². The maximum Gasteiger partial charge on any atom is 0.203 e. The van der Waals surface area contributed by atoms with Crippen molar-refractivity contribution in [1.82, 2.24) is 0 Å². The summed E-state index contributed by atoms with van der Waals surface area (Å²) in [7, 11) is 6.17. The van der Waals surface area contributed by atoms with E-state index in [1.807, 2.05) is 24.3 Å². The van der Waals surface area contributed by atoms with Gasteiger partial charge < -0.3 is 24.1 Å². The molecule has 1 aliphatic carbocycles. The Balaban J connectivity index is 1.94. The molecule has 2 aromatic rings. The lowest BCUT2D eigenvalue weighted by Crippen LogP contribution is -2.12. The Bertz CT molecular complexity index is 978. The van der Waals surface area contributed by atoms with E-state index in [0.29, 0.717) is 35.8 Å². The highest BCUT2D eigenvalue weighted by Gasteiger charge is 2.21. The molecule has 0 spiro atoms. The van der Waals surface area contributed by atoms with Crippen LogP contribution in [0.25, 0.3) is 12.2 Å². The van der Waals surface area contributed by atoms with Gasteiger partial charge in [-0.2, -0.15) is 0 Å². The van der Waals surface area contributed by atoms with Gasteiger partial charge in [-0.15, -0.1) is 0 Å². The normalized spacial score (nSPS) is 16.6. The van der Waals surface area contributed by atoms with E-state index in [2.05, 4.69) is 0 Å². The fourth-order valence-corrected chi connectivity index (χ4v) is 3.55. The Morgan fingerprint density at radius 1 is 0.767 bits per heavy atom. The minimum atomic E-state index is 0.0158. The van der Waals surface area contributed by atoms with Gasteiger partial charge in [-0.05, 0) is 66.8 Å². The van der Waals surface area contributed by atoms with Crippen LogP contribution in [0.4, 0.5) is 0 Å². The van der Waals surface area contributed by atoms with Gasteiger partial charge in [-0.3, -0.25) is 4.79 Å². The topological polar surface area (TPSA) is 74.2 Å². The first-order valence-electron chi connectivity index (χ1n) is 9.63. The first kappa shape index (κ1) is 21.3. The number of hydrogen-bond donors (Lipinski definition) is 1. The highest BCUT2D eigenvalue weighted by atomic mass is 16.5. The summed E-state index contributed by atoms with van der Waals surface area (Å²) in [5.74, 6) is 2.05. The summed E-state index contributed by atoms with van der Waals surface area (Å²) in [4.78, 5) is 13.1. The molecule has 0 aromatic heterocycles. The molecule has 2 aromatic carbocycles. The van der Waals surface area contributed by atoms with Gasteiger partial charge in [0.2, 0.25) is 5.75 Å². The Kier molecular flexibility index (Phi) is 6.67. The molecule has 3 rings (SSSR count). The van der Waals surface area contributed by atoms with Crippen molar-refractivity contribution < 1.29 is 28.8 Å². The van der Waals surface area contributed by atoms with E-state index < -0.39 is 0 Å². The van der Waals surface area contributed by atoms with Gasteiger partial charge in [-0.1, -0.05) is 6.07 Å². The van der Waals surface area contributed by atoms with Gasteiger partial charge >= 0.3 is 0 Å². The van der Waals surface area contributed by atoms with E-state index in [4.69, 9.17) is 18.9 Å². The number of carbonyl (C=O) groups excluding carboxylic acids is 1. The minimum absolute atomic E-state index is 0.0158. The van der Waals surface area contributed by atoms with Crippen molar-refractivity contribution >= 4 is 17.9 Å². The van der Waals surface area contributed by atoms with E-state index in [1.165, 1.54) is 7.11 Å². The summed E-state index contributed by atoms with van der Waals surface area (Å²) in [5.41, 5.74) is 3.07. The smallest absolute Gasteiger partial charge is 0.203 e. The van der Waals surface area contributed by atoms with Crippen LogP contribution >= 0.6 is 0 Å². The second kappa shape index (κ2) is 9.39. The Labute approximate surface area is 176 Å². The molecule has 0 radical (unpaired) electrons. The average molecular weight is 410 g/mol. The number of carbonyl (C=O) groups is 1. The number of aromatic hydroxyl groups is 1. The summed E-state index contributed by atoms with van der Waals surface area (Å²) < 4.78 is 21.3. The van der Waals surface area contributed by atoms with Crippen molar-refractivity contribution in [1.29, 1.82) is 0 Å². The van der Waals surface area contributed by atoms with E-state index in [0.717, 1.165) is 28.7 Å². The maximum atomic E-state index is 13.1. The zero-order chi connectivity index (χ0) is 21.7. The molecule has 30 heavy (non-hydrogen) atoms. The van der Waals surface area contributed by atoms with Crippen LogP contribution in [0.2, 0.25) is 0 Å². The minimum Gasteiger partial charge on any atom is -0.504 e. The van der Waals surface area contributed by atoms with Gasteiger partial charge in [0.1, 0.15) is 0 Å². The van der Waals surface area contributed by atoms with Crippen molar-refractivity contribution in [2.75, 3.05) is 28.4 Å². The first-order chi connectivity index (χ1) is 14.5. The molecule has 0 heterocycles. The molecule has 1 N–H and O–H groups in total. The van der Waals surface area contributed by atoms with Crippen LogP contribution in [0.5, 0.6) is 28.7 Å². The van der Waals surface area contributed by atoms with Gasteiger partial charge in [0, 0.05) is 11.1 Å². The number of phenols is 1. The van der Waals surface area contributed by atoms with Gasteiger partial charge in [0.05, 0.1) is 28.4 Å². The van der Waals surface area contributed by atoms with E-state index in [-0.39, 0.29) is 11.5 Å². The van der Waals surface area contributed by atoms with Crippen molar-refractivity contribution in [2.45, 2.75) is 19.3 Å². The molecule has 1 saturated carbocycles.